The zero-order valence-corrected chi connectivity index (χ0v) is 19.9. The van der Waals surface area contributed by atoms with Gasteiger partial charge in [0.25, 0.3) is 5.56 Å². The predicted molar refractivity (Wildman–Crippen MR) is 138 cm³/mol. The molecule has 35 heavy (non-hydrogen) atoms. The number of ether oxygens (including phenoxy) is 1. The van der Waals surface area contributed by atoms with E-state index in [1.54, 1.807) is 16.7 Å². The molecular weight excluding hydrogens is 440 g/mol. The van der Waals surface area contributed by atoms with Crippen molar-refractivity contribution in [1.29, 1.82) is 0 Å². The van der Waals surface area contributed by atoms with E-state index in [2.05, 4.69) is 25.8 Å². The Kier molecular flexibility index (Phi) is 6.36. The zero-order valence-electron chi connectivity index (χ0n) is 19.9. The Morgan fingerprint density at radius 3 is 2.77 bits per heavy atom. The molecule has 8 nitrogen and oxygen atoms in total. The Labute approximate surface area is 204 Å². The predicted octanol–water partition coefficient (Wildman–Crippen LogP) is 3.93. The van der Waals surface area contributed by atoms with Crippen LogP contribution in [0.15, 0.2) is 65.8 Å². The van der Waals surface area contributed by atoms with E-state index < -0.39 is 0 Å². The first-order valence-electron chi connectivity index (χ1n) is 11.7. The minimum absolute atomic E-state index is 0.0887. The van der Waals surface area contributed by atoms with Gasteiger partial charge in [0.1, 0.15) is 5.65 Å². The van der Waals surface area contributed by atoms with Crippen LogP contribution >= 0.6 is 0 Å². The standard InChI is InChI=1S/C27H28N6O2/c1-28-21-6-4-5-20(13-21)25(18-31(2)3)33-8-7-19(14-26(33)34)24-17-30-27-23(24)15-22(16-29-27)32-9-11-35-12-10-32/h4-8,13-17,25H,9-12,18H2,2-3H3,(H,29,30)/t25-/m1/s1. The van der Waals surface area contributed by atoms with Gasteiger partial charge in [0.05, 0.1) is 37.7 Å². The van der Waals surface area contributed by atoms with E-state index in [-0.39, 0.29) is 11.6 Å². The summed E-state index contributed by atoms with van der Waals surface area (Å²) < 4.78 is 7.23. The summed E-state index contributed by atoms with van der Waals surface area (Å²) in [6.07, 6.45) is 5.65. The van der Waals surface area contributed by atoms with Gasteiger partial charge in [-0.25, -0.2) is 9.83 Å². The van der Waals surface area contributed by atoms with Crippen LogP contribution < -0.4 is 10.5 Å². The summed E-state index contributed by atoms with van der Waals surface area (Å²) >= 11 is 0. The van der Waals surface area contributed by atoms with Crippen LogP contribution in [0.2, 0.25) is 0 Å². The number of aromatic nitrogens is 3. The van der Waals surface area contributed by atoms with Gasteiger partial charge in [0, 0.05) is 49.0 Å². The first-order chi connectivity index (χ1) is 17.0. The average Bonchev–Trinajstić information content (AvgIpc) is 3.31. The van der Waals surface area contributed by atoms with Crippen molar-refractivity contribution < 1.29 is 4.74 Å². The third-order valence-corrected chi connectivity index (χ3v) is 6.41. The summed E-state index contributed by atoms with van der Waals surface area (Å²) in [4.78, 5) is 29.1. The average molecular weight is 469 g/mol. The number of fused-ring (bicyclic) bond motifs is 1. The number of nitrogens with one attached hydrogen (secondary N) is 1. The van der Waals surface area contributed by atoms with Gasteiger partial charge in [-0.3, -0.25) is 4.79 Å². The molecule has 1 fully saturated rings. The molecule has 1 aromatic carbocycles. The Balaban J connectivity index is 1.52. The van der Waals surface area contributed by atoms with Crippen molar-refractivity contribution in [3.63, 3.8) is 0 Å². The van der Waals surface area contributed by atoms with E-state index in [0.717, 1.165) is 46.5 Å². The number of hydrogen-bond acceptors (Lipinski definition) is 5. The van der Waals surface area contributed by atoms with Crippen LogP contribution in [0.5, 0.6) is 0 Å². The zero-order chi connectivity index (χ0) is 24.4. The van der Waals surface area contributed by atoms with E-state index in [1.165, 1.54) is 0 Å². The maximum Gasteiger partial charge on any atom is 0.251 e. The van der Waals surface area contributed by atoms with Gasteiger partial charge in [-0.2, -0.15) is 0 Å². The van der Waals surface area contributed by atoms with Crippen molar-refractivity contribution in [3.05, 3.63) is 88.4 Å². The van der Waals surface area contributed by atoms with Gasteiger partial charge >= 0.3 is 0 Å². The molecule has 0 unspecified atom stereocenters. The molecule has 178 valence electrons. The molecule has 8 heteroatoms. The van der Waals surface area contributed by atoms with Gasteiger partial charge in [0.2, 0.25) is 0 Å². The third-order valence-electron chi connectivity index (χ3n) is 6.41. The number of pyridine rings is 2. The molecule has 5 rings (SSSR count). The molecule has 1 saturated heterocycles. The SMILES string of the molecule is [C-]#[N+]c1cccc([C@@H](CN(C)C)n2ccc(-c3c[nH]c4ncc(N5CCOCC5)cc34)cc2=O)c1. The fourth-order valence-electron chi connectivity index (χ4n) is 4.64. The molecule has 1 aliphatic heterocycles. The van der Waals surface area contributed by atoms with Crippen molar-refractivity contribution in [2.45, 2.75) is 6.04 Å². The first kappa shape index (κ1) is 22.8. The number of hydrogen-bond donors (Lipinski definition) is 1. The van der Waals surface area contributed by atoms with E-state index in [1.807, 2.05) is 61.9 Å². The number of likely N-dealkylation sites (N-methyl/N-ethyl adjacent to an activating group) is 1. The van der Waals surface area contributed by atoms with E-state index in [9.17, 15) is 4.79 Å². The van der Waals surface area contributed by atoms with E-state index >= 15 is 0 Å². The fraction of sp³-hybridized carbons (Fsp3) is 0.296. The van der Waals surface area contributed by atoms with Gasteiger partial charge in [-0.15, -0.1) is 0 Å². The van der Waals surface area contributed by atoms with E-state index in [4.69, 9.17) is 11.3 Å². The highest BCUT2D eigenvalue weighted by Crippen LogP contribution is 2.31. The first-order valence-corrected chi connectivity index (χ1v) is 11.7. The van der Waals surface area contributed by atoms with Crippen LogP contribution in [0, 0.1) is 6.57 Å². The van der Waals surface area contributed by atoms with Crippen LogP contribution in [-0.2, 0) is 4.74 Å². The summed E-state index contributed by atoms with van der Waals surface area (Å²) in [5, 5.41) is 0.987. The Morgan fingerprint density at radius 2 is 2.03 bits per heavy atom. The number of aromatic amines is 1. The van der Waals surface area contributed by atoms with Crippen molar-refractivity contribution in [1.82, 2.24) is 19.4 Å². The summed E-state index contributed by atoms with van der Waals surface area (Å²) in [7, 11) is 3.96. The molecule has 4 aromatic rings. The van der Waals surface area contributed by atoms with Crippen molar-refractivity contribution >= 4 is 22.4 Å². The second-order valence-electron chi connectivity index (χ2n) is 9.04. The molecular formula is C27H28N6O2. The summed E-state index contributed by atoms with van der Waals surface area (Å²) in [6.45, 7) is 11.1. The van der Waals surface area contributed by atoms with Crippen LogP contribution in [0.25, 0.3) is 27.0 Å². The van der Waals surface area contributed by atoms with Crippen LogP contribution in [0.4, 0.5) is 11.4 Å². The van der Waals surface area contributed by atoms with E-state index in [0.29, 0.717) is 25.4 Å². The lowest BCUT2D eigenvalue weighted by atomic mass is 10.0. The highest BCUT2D eigenvalue weighted by molar-refractivity contribution is 5.95. The molecule has 0 amide bonds. The number of anilines is 1. The minimum Gasteiger partial charge on any atom is -0.378 e. The Hall–Kier alpha value is -3.93. The van der Waals surface area contributed by atoms with Gasteiger partial charge in [0.15, 0.2) is 5.69 Å². The molecule has 0 saturated carbocycles. The van der Waals surface area contributed by atoms with Crippen molar-refractivity contribution in [2.75, 3.05) is 51.8 Å². The molecule has 0 radical (unpaired) electrons. The number of rotatable bonds is 6. The second kappa shape index (κ2) is 9.74. The lowest BCUT2D eigenvalue weighted by Crippen LogP contribution is -2.36. The third kappa shape index (κ3) is 4.69. The summed E-state index contributed by atoms with van der Waals surface area (Å²) in [5.41, 5.74) is 5.06. The number of H-pyrrole nitrogens is 1. The molecule has 1 atom stereocenters. The highest BCUT2D eigenvalue weighted by Gasteiger charge is 2.19. The van der Waals surface area contributed by atoms with Crippen molar-refractivity contribution in [2.24, 2.45) is 0 Å². The summed E-state index contributed by atoms with van der Waals surface area (Å²) in [6, 6.07) is 13.1. The Morgan fingerprint density at radius 1 is 1.20 bits per heavy atom. The van der Waals surface area contributed by atoms with Crippen LogP contribution in [-0.4, -0.2) is 66.4 Å². The second-order valence-corrected chi connectivity index (χ2v) is 9.04. The Bertz CT molecular complexity index is 1440. The number of morpholine rings is 1. The molecule has 1 aliphatic rings. The molecule has 1 N–H and O–H groups in total. The number of nitrogens with zero attached hydrogens (tertiary/aromatic N) is 5. The number of benzene rings is 1. The van der Waals surface area contributed by atoms with Gasteiger partial charge < -0.3 is 24.1 Å². The quantitative estimate of drug-likeness (QED) is 0.434. The molecule has 4 heterocycles. The van der Waals surface area contributed by atoms with Gasteiger partial charge in [-0.05, 0) is 37.4 Å². The lowest BCUT2D eigenvalue weighted by molar-refractivity contribution is 0.122. The van der Waals surface area contributed by atoms with Crippen molar-refractivity contribution in [3.8, 4) is 11.1 Å². The van der Waals surface area contributed by atoms with Gasteiger partial charge in [-0.1, -0.05) is 24.3 Å². The maximum absolute atomic E-state index is 13.4. The molecule has 3 aromatic heterocycles. The maximum atomic E-state index is 13.4. The highest BCUT2D eigenvalue weighted by atomic mass is 16.5. The largest absolute Gasteiger partial charge is 0.378 e. The smallest absolute Gasteiger partial charge is 0.251 e. The van der Waals surface area contributed by atoms with Crippen LogP contribution in [0.3, 0.4) is 0 Å². The fourth-order valence-corrected chi connectivity index (χ4v) is 4.64. The lowest BCUT2D eigenvalue weighted by Gasteiger charge is -2.28. The molecule has 0 bridgehead atoms. The summed E-state index contributed by atoms with van der Waals surface area (Å²) in [5.74, 6) is 0. The van der Waals surface area contributed by atoms with Crippen LogP contribution in [0.1, 0.15) is 11.6 Å². The topological polar surface area (TPSA) is 70.8 Å². The molecule has 0 spiro atoms. The normalized spacial score (nSPS) is 14.9. The monoisotopic (exact) mass is 468 g/mol. The minimum atomic E-state index is -0.203. The molecule has 0 aliphatic carbocycles.